The molecule has 112 valence electrons. The van der Waals surface area contributed by atoms with E-state index in [9.17, 15) is 14.4 Å². The van der Waals surface area contributed by atoms with Crippen molar-refractivity contribution in [3.8, 4) is 0 Å². The van der Waals surface area contributed by atoms with Gasteiger partial charge in [0.2, 0.25) is 11.8 Å². The summed E-state index contributed by atoms with van der Waals surface area (Å²) in [5.41, 5.74) is -0.632. The van der Waals surface area contributed by atoms with Crippen molar-refractivity contribution in [3.63, 3.8) is 0 Å². The normalized spacial score (nSPS) is 34.9. The van der Waals surface area contributed by atoms with Gasteiger partial charge in [-0.1, -0.05) is 20.3 Å². The summed E-state index contributed by atoms with van der Waals surface area (Å²) < 4.78 is 0. The molecule has 2 amide bonds. The van der Waals surface area contributed by atoms with Crippen LogP contribution >= 0.6 is 0 Å². The highest BCUT2D eigenvalue weighted by molar-refractivity contribution is 6.06. The van der Waals surface area contributed by atoms with Crippen LogP contribution in [-0.4, -0.2) is 33.8 Å². The van der Waals surface area contributed by atoms with Crippen molar-refractivity contribution in [2.75, 3.05) is 0 Å². The van der Waals surface area contributed by atoms with Crippen LogP contribution in [0.5, 0.6) is 0 Å². The Balaban J connectivity index is 2.18. The predicted molar refractivity (Wildman–Crippen MR) is 72.8 cm³/mol. The SMILES string of the molecule is CC(C)C1(C)CC(=O)N(C2CCCC(C(=O)O)C2)C1=O. The number of hydrogen-bond acceptors (Lipinski definition) is 3. The van der Waals surface area contributed by atoms with Crippen molar-refractivity contribution in [1.82, 2.24) is 4.90 Å². The highest BCUT2D eigenvalue weighted by Crippen LogP contribution is 2.42. The molecular formula is C15H23NO4. The number of imide groups is 1. The van der Waals surface area contributed by atoms with E-state index in [4.69, 9.17) is 5.11 Å². The third-order valence-electron chi connectivity index (χ3n) is 5.13. The molecular weight excluding hydrogens is 258 g/mol. The van der Waals surface area contributed by atoms with E-state index in [0.717, 1.165) is 12.8 Å². The molecule has 0 spiro atoms. The molecule has 1 N–H and O–H groups in total. The first kappa shape index (κ1) is 15.0. The molecule has 5 heteroatoms. The second kappa shape index (κ2) is 5.19. The lowest BCUT2D eigenvalue weighted by atomic mass is 9.77. The van der Waals surface area contributed by atoms with E-state index in [0.29, 0.717) is 12.8 Å². The summed E-state index contributed by atoms with van der Waals surface area (Å²) >= 11 is 0. The number of likely N-dealkylation sites (tertiary alicyclic amines) is 1. The first-order valence-corrected chi connectivity index (χ1v) is 7.36. The smallest absolute Gasteiger partial charge is 0.306 e. The van der Waals surface area contributed by atoms with Gasteiger partial charge >= 0.3 is 5.97 Å². The highest BCUT2D eigenvalue weighted by Gasteiger charge is 2.52. The van der Waals surface area contributed by atoms with Crippen LogP contribution < -0.4 is 0 Å². The van der Waals surface area contributed by atoms with Gasteiger partial charge in [0.05, 0.1) is 11.3 Å². The van der Waals surface area contributed by atoms with Gasteiger partial charge in [-0.25, -0.2) is 0 Å². The Morgan fingerprint density at radius 2 is 2.00 bits per heavy atom. The Morgan fingerprint density at radius 3 is 2.50 bits per heavy atom. The molecule has 2 rings (SSSR count). The van der Waals surface area contributed by atoms with Crippen molar-refractivity contribution >= 4 is 17.8 Å². The van der Waals surface area contributed by atoms with E-state index in [2.05, 4.69) is 0 Å². The van der Waals surface area contributed by atoms with Crippen LogP contribution in [0.4, 0.5) is 0 Å². The summed E-state index contributed by atoms with van der Waals surface area (Å²) in [6.07, 6.45) is 2.79. The van der Waals surface area contributed by atoms with Crippen molar-refractivity contribution in [2.24, 2.45) is 17.3 Å². The van der Waals surface area contributed by atoms with Gasteiger partial charge in [-0.3, -0.25) is 19.3 Å². The standard InChI is InChI=1S/C15H23NO4/c1-9(2)15(3)8-12(17)16(14(15)20)11-6-4-5-10(7-11)13(18)19/h9-11H,4-8H2,1-3H3,(H,18,19). The van der Waals surface area contributed by atoms with Gasteiger partial charge in [0.25, 0.3) is 0 Å². The molecule has 1 saturated heterocycles. The molecule has 0 bridgehead atoms. The van der Waals surface area contributed by atoms with Gasteiger partial charge in [0, 0.05) is 12.5 Å². The van der Waals surface area contributed by atoms with Crippen LogP contribution in [0.1, 0.15) is 52.9 Å². The lowest BCUT2D eigenvalue weighted by Gasteiger charge is -2.34. The molecule has 3 atom stereocenters. The van der Waals surface area contributed by atoms with Gasteiger partial charge in [-0.05, 0) is 32.1 Å². The van der Waals surface area contributed by atoms with Crippen molar-refractivity contribution < 1.29 is 19.5 Å². The van der Waals surface area contributed by atoms with Crippen molar-refractivity contribution in [3.05, 3.63) is 0 Å². The van der Waals surface area contributed by atoms with E-state index < -0.39 is 17.3 Å². The maximum Gasteiger partial charge on any atom is 0.306 e. The molecule has 1 heterocycles. The van der Waals surface area contributed by atoms with Gasteiger partial charge in [-0.2, -0.15) is 0 Å². The highest BCUT2D eigenvalue weighted by atomic mass is 16.4. The molecule has 2 fully saturated rings. The fourth-order valence-corrected chi connectivity index (χ4v) is 3.31. The van der Waals surface area contributed by atoms with Gasteiger partial charge in [-0.15, -0.1) is 0 Å². The minimum absolute atomic E-state index is 0.0998. The van der Waals surface area contributed by atoms with E-state index >= 15 is 0 Å². The number of carboxylic acids is 1. The Hall–Kier alpha value is -1.39. The van der Waals surface area contributed by atoms with Crippen LogP contribution in [0, 0.1) is 17.3 Å². The number of carbonyl (C=O) groups excluding carboxylic acids is 2. The molecule has 3 unspecified atom stereocenters. The molecule has 0 aromatic rings. The minimum atomic E-state index is -0.819. The number of aliphatic carboxylic acids is 1. The van der Waals surface area contributed by atoms with Crippen molar-refractivity contribution in [1.29, 1.82) is 0 Å². The van der Waals surface area contributed by atoms with E-state index in [1.165, 1.54) is 4.90 Å². The number of hydrogen-bond donors (Lipinski definition) is 1. The quantitative estimate of drug-likeness (QED) is 0.803. The van der Waals surface area contributed by atoms with Crippen LogP contribution in [0.25, 0.3) is 0 Å². The van der Waals surface area contributed by atoms with Gasteiger partial charge in [0.1, 0.15) is 0 Å². The first-order valence-electron chi connectivity index (χ1n) is 7.36. The summed E-state index contributed by atoms with van der Waals surface area (Å²) in [6.45, 7) is 5.75. The minimum Gasteiger partial charge on any atom is -0.481 e. The molecule has 1 saturated carbocycles. The summed E-state index contributed by atoms with van der Waals surface area (Å²) in [4.78, 5) is 37.3. The summed E-state index contributed by atoms with van der Waals surface area (Å²) in [6, 6.07) is -0.231. The van der Waals surface area contributed by atoms with Gasteiger partial charge in [0.15, 0.2) is 0 Å². The summed E-state index contributed by atoms with van der Waals surface area (Å²) in [5, 5.41) is 9.13. The number of amides is 2. The molecule has 0 aromatic carbocycles. The van der Waals surface area contributed by atoms with Crippen LogP contribution in [0.3, 0.4) is 0 Å². The van der Waals surface area contributed by atoms with Crippen LogP contribution in [0.15, 0.2) is 0 Å². The molecule has 0 aromatic heterocycles. The first-order chi connectivity index (χ1) is 9.27. The third-order valence-corrected chi connectivity index (χ3v) is 5.13. The lowest BCUT2D eigenvalue weighted by molar-refractivity contribution is -0.150. The Morgan fingerprint density at radius 1 is 1.35 bits per heavy atom. The average Bonchev–Trinajstić information content (AvgIpc) is 2.61. The largest absolute Gasteiger partial charge is 0.481 e. The number of rotatable bonds is 3. The molecule has 20 heavy (non-hydrogen) atoms. The number of nitrogens with zero attached hydrogens (tertiary/aromatic N) is 1. The maximum absolute atomic E-state index is 12.6. The van der Waals surface area contributed by atoms with Crippen LogP contribution in [-0.2, 0) is 14.4 Å². The Bertz CT molecular complexity index is 445. The van der Waals surface area contributed by atoms with E-state index in [1.54, 1.807) is 0 Å². The van der Waals surface area contributed by atoms with Crippen molar-refractivity contribution in [2.45, 2.75) is 58.9 Å². The van der Waals surface area contributed by atoms with E-state index in [1.807, 2.05) is 20.8 Å². The zero-order valence-electron chi connectivity index (χ0n) is 12.4. The fourth-order valence-electron chi connectivity index (χ4n) is 3.31. The Kier molecular flexibility index (Phi) is 3.89. The van der Waals surface area contributed by atoms with Crippen LogP contribution in [0.2, 0.25) is 0 Å². The average molecular weight is 281 g/mol. The van der Waals surface area contributed by atoms with E-state index in [-0.39, 0.29) is 30.2 Å². The molecule has 2 aliphatic rings. The Labute approximate surface area is 119 Å². The zero-order valence-corrected chi connectivity index (χ0v) is 12.4. The summed E-state index contributed by atoms with van der Waals surface area (Å²) in [5.74, 6) is -1.40. The molecule has 0 radical (unpaired) electrons. The third kappa shape index (κ3) is 2.34. The monoisotopic (exact) mass is 281 g/mol. The zero-order chi connectivity index (χ0) is 15.1. The summed E-state index contributed by atoms with van der Waals surface area (Å²) in [7, 11) is 0. The maximum atomic E-state index is 12.6. The number of carbonyl (C=O) groups is 3. The second-order valence-corrected chi connectivity index (χ2v) is 6.67. The number of carboxylic acid groups (broad SMARTS) is 1. The molecule has 5 nitrogen and oxygen atoms in total. The fraction of sp³-hybridized carbons (Fsp3) is 0.800. The predicted octanol–water partition coefficient (Wildman–Crippen LogP) is 2.05. The second-order valence-electron chi connectivity index (χ2n) is 6.67. The van der Waals surface area contributed by atoms with Gasteiger partial charge < -0.3 is 5.11 Å². The lowest BCUT2D eigenvalue weighted by Crippen LogP contribution is -2.46. The molecule has 1 aliphatic heterocycles. The molecule has 1 aliphatic carbocycles. The topological polar surface area (TPSA) is 74.7 Å².